The van der Waals surface area contributed by atoms with Crippen LogP contribution in [0.25, 0.3) is 0 Å². The summed E-state index contributed by atoms with van der Waals surface area (Å²) in [5.41, 5.74) is 1.41. The predicted molar refractivity (Wildman–Crippen MR) is 70.8 cm³/mol. The lowest BCUT2D eigenvalue weighted by Crippen LogP contribution is -2.14. The molecule has 2 aromatic rings. The fourth-order valence-corrected chi connectivity index (χ4v) is 2.35. The average Bonchev–Trinajstić information content (AvgIpc) is 2.91. The fraction of sp³-hybridized carbons (Fsp3) is 0.214. The Morgan fingerprint density at radius 1 is 1.17 bits per heavy atom. The van der Waals surface area contributed by atoms with E-state index in [1.165, 1.54) is 11.3 Å². The van der Waals surface area contributed by atoms with E-state index in [9.17, 15) is 4.79 Å². The summed E-state index contributed by atoms with van der Waals surface area (Å²) >= 11 is 1.41. The van der Waals surface area contributed by atoms with E-state index in [1.807, 2.05) is 11.4 Å². The summed E-state index contributed by atoms with van der Waals surface area (Å²) in [6, 6.07) is 10.6. The second-order valence-electron chi connectivity index (χ2n) is 4.13. The zero-order valence-electron chi connectivity index (χ0n) is 9.91. The zero-order valence-corrected chi connectivity index (χ0v) is 10.7. The molecule has 1 atom stereocenters. The van der Waals surface area contributed by atoms with Gasteiger partial charge >= 0.3 is 0 Å². The molecule has 4 heteroatoms. The predicted octanol–water partition coefficient (Wildman–Crippen LogP) is 2.39. The molecule has 1 aromatic heterocycles. The molecular formula is C14H14O3S. The molecular weight excluding hydrogens is 248 g/mol. The van der Waals surface area contributed by atoms with Crippen molar-refractivity contribution < 1.29 is 15.0 Å². The van der Waals surface area contributed by atoms with Gasteiger partial charge in [-0.2, -0.15) is 0 Å². The zero-order chi connectivity index (χ0) is 13.1. The Bertz CT molecular complexity index is 514. The van der Waals surface area contributed by atoms with Crippen LogP contribution in [0.4, 0.5) is 0 Å². The molecule has 0 radical (unpaired) electrons. The highest BCUT2D eigenvalue weighted by atomic mass is 32.1. The lowest BCUT2D eigenvalue weighted by molar-refractivity contribution is -0.0561. The molecule has 0 aliphatic rings. The van der Waals surface area contributed by atoms with E-state index in [4.69, 9.17) is 10.2 Å². The summed E-state index contributed by atoms with van der Waals surface area (Å²) in [5.74, 6) is -0.371. The SMILES string of the molecule is CC(c1ccc(C(=O)c2cccs2)cc1)C(O)O. The maximum Gasteiger partial charge on any atom is 0.202 e. The van der Waals surface area contributed by atoms with Crippen molar-refractivity contribution in [3.05, 3.63) is 57.8 Å². The van der Waals surface area contributed by atoms with E-state index in [0.717, 1.165) is 5.56 Å². The standard InChI is InChI=1S/C14H14O3S/c1-9(14(16)17)10-4-6-11(7-5-10)13(15)12-3-2-8-18-12/h2-9,14,16-17H,1H3. The monoisotopic (exact) mass is 262 g/mol. The van der Waals surface area contributed by atoms with Crippen LogP contribution in [-0.4, -0.2) is 22.3 Å². The fourth-order valence-electron chi connectivity index (χ4n) is 1.66. The first-order valence-corrected chi connectivity index (χ1v) is 6.52. The number of benzene rings is 1. The lowest BCUT2D eigenvalue weighted by atomic mass is 9.98. The molecule has 1 heterocycles. The summed E-state index contributed by atoms with van der Waals surface area (Å²) < 4.78 is 0. The third kappa shape index (κ3) is 2.67. The van der Waals surface area contributed by atoms with Crippen LogP contribution in [0.2, 0.25) is 0 Å². The molecule has 0 bridgehead atoms. The number of rotatable bonds is 4. The van der Waals surface area contributed by atoms with Crippen LogP contribution >= 0.6 is 11.3 Å². The Balaban J connectivity index is 2.20. The van der Waals surface area contributed by atoms with Gasteiger partial charge in [-0.15, -0.1) is 11.3 Å². The molecule has 3 nitrogen and oxygen atoms in total. The molecule has 1 aromatic carbocycles. The Morgan fingerprint density at radius 2 is 1.83 bits per heavy atom. The van der Waals surface area contributed by atoms with Gasteiger partial charge in [-0.3, -0.25) is 4.79 Å². The minimum atomic E-state index is -1.39. The quantitative estimate of drug-likeness (QED) is 0.657. The van der Waals surface area contributed by atoms with Crippen molar-refractivity contribution in [2.75, 3.05) is 0 Å². The maximum absolute atomic E-state index is 12.0. The molecule has 0 aliphatic heterocycles. The highest BCUT2D eigenvalue weighted by molar-refractivity contribution is 7.12. The lowest BCUT2D eigenvalue weighted by Gasteiger charge is -2.13. The first kappa shape index (κ1) is 13.0. The number of carbonyl (C=O) groups excluding carboxylic acids is 1. The van der Waals surface area contributed by atoms with Crippen molar-refractivity contribution in [3.8, 4) is 0 Å². The van der Waals surface area contributed by atoms with Gasteiger partial charge in [0.2, 0.25) is 5.78 Å². The molecule has 0 amide bonds. The summed E-state index contributed by atoms with van der Waals surface area (Å²) in [4.78, 5) is 12.7. The van der Waals surface area contributed by atoms with E-state index in [-0.39, 0.29) is 11.7 Å². The molecule has 0 aliphatic carbocycles. The minimum Gasteiger partial charge on any atom is -0.368 e. The molecule has 2 rings (SSSR count). The maximum atomic E-state index is 12.0. The molecule has 94 valence electrons. The minimum absolute atomic E-state index is 0.00579. The summed E-state index contributed by atoms with van der Waals surface area (Å²) in [6.45, 7) is 1.72. The van der Waals surface area contributed by atoms with Crippen molar-refractivity contribution in [2.24, 2.45) is 0 Å². The van der Waals surface area contributed by atoms with Crippen LogP contribution in [0.15, 0.2) is 41.8 Å². The van der Waals surface area contributed by atoms with Crippen molar-refractivity contribution in [1.82, 2.24) is 0 Å². The van der Waals surface area contributed by atoms with Gasteiger partial charge in [0.1, 0.15) is 0 Å². The molecule has 2 N–H and O–H groups in total. The third-order valence-electron chi connectivity index (χ3n) is 2.89. The molecule has 0 saturated heterocycles. The number of ketones is 1. The van der Waals surface area contributed by atoms with Gasteiger partial charge in [-0.05, 0) is 17.0 Å². The number of carbonyl (C=O) groups is 1. The van der Waals surface area contributed by atoms with E-state index in [2.05, 4.69) is 0 Å². The number of aliphatic hydroxyl groups excluding tert-OH is 1. The van der Waals surface area contributed by atoms with Crippen LogP contribution in [0.5, 0.6) is 0 Å². The van der Waals surface area contributed by atoms with Gasteiger partial charge in [0.25, 0.3) is 0 Å². The normalized spacial score (nSPS) is 12.7. The Morgan fingerprint density at radius 3 is 2.33 bits per heavy atom. The number of hydrogen-bond acceptors (Lipinski definition) is 4. The first-order valence-electron chi connectivity index (χ1n) is 5.64. The van der Waals surface area contributed by atoms with Crippen molar-refractivity contribution in [3.63, 3.8) is 0 Å². The van der Waals surface area contributed by atoms with Gasteiger partial charge in [0.15, 0.2) is 6.29 Å². The second kappa shape index (κ2) is 5.44. The molecule has 0 spiro atoms. The summed E-state index contributed by atoms with van der Waals surface area (Å²) in [7, 11) is 0. The highest BCUT2D eigenvalue weighted by Crippen LogP contribution is 2.20. The summed E-state index contributed by atoms with van der Waals surface area (Å²) in [5, 5.41) is 20.1. The van der Waals surface area contributed by atoms with Crippen molar-refractivity contribution in [2.45, 2.75) is 19.1 Å². The average molecular weight is 262 g/mol. The third-order valence-corrected chi connectivity index (χ3v) is 3.76. The largest absolute Gasteiger partial charge is 0.368 e. The number of hydrogen-bond donors (Lipinski definition) is 2. The van der Waals surface area contributed by atoms with Crippen LogP contribution in [-0.2, 0) is 0 Å². The van der Waals surface area contributed by atoms with E-state index >= 15 is 0 Å². The summed E-state index contributed by atoms with van der Waals surface area (Å²) in [6.07, 6.45) is -1.39. The van der Waals surface area contributed by atoms with Gasteiger partial charge in [-0.25, -0.2) is 0 Å². The first-order chi connectivity index (χ1) is 8.59. The van der Waals surface area contributed by atoms with E-state index in [0.29, 0.717) is 10.4 Å². The molecule has 0 fully saturated rings. The van der Waals surface area contributed by atoms with Crippen molar-refractivity contribution in [1.29, 1.82) is 0 Å². The van der Waals surface area contributed by atoms with Gasteiger partial charge in [0, 0.05) is 11.5 Å². The Labute approximate surface area is 109 Å². The molecule has 1 unspecified atom stereocenters. The number of thiophene rings is 1. The van der Waals surface area contributed by atoms with Gasteiger partial charge in [0.05, 0.1) is 4.88 Å². The number of aliphatic hydroxyl groups is 2. The molecule has 0 saturated carbocycles. The molecule has 18 heavy (non-hydrogen) atoms. The Kier molecular flexibility index (Phi) is 3.91. The van der Waals surface area contributed by atoms with Crippen LogP contribution < -0.4 is 0 Å². The van der Waals surface area contributed by atoms with Crippen LogP contribution in [0.1, 0.15) is 33.6 Å². The van der Waals surface area contributed by atoms with Gasteiger partial charge < -0.3 is 10.2 Å². The van der Waals surface area contributed by atoms with Gasteiger partial charge in [-0.1, -0.05) is 37.3 Å². The van der Waals surface area contributed by atoms with E-state index < -0.39 is 6.29 Å². The van der Waals surface area contributed by atoms with Crippen LogP contribution in [0, 0.1) is 0 Å². The van der Waals surface area contributed by atoms with E-state index in [1.54, 1.807) is 37.3 Å². The smallest absolute Gasteiger partial charge is 0.202 e. The highest BCUT2D eigenvalue weighted by Gasteiger charge is 2.14. The van der Waals surface area contributed by atoms with Crippen LogP contribution in [0.3, 0.4) is 0 Å². The topological polar surface area (TPSA) is 57.5 Å². The van der Waals surface area contributed by atoms with Crippen molar-refractivity contribution >= 4 is 17.1 Å². The second-order valence-corrected chi connectivity index (χ2v) is 5.08. The Hall–Kier alpha value is -1.49.